The molecule has 1 aliphatic heterocycles. The van der Waals surface area contributed by atoms with E-state index in [1.165, 1.54) is 6.42 Å². The van der Waals surface area contributed by atoms with Gasteiger partial charge in [0.1, 0.15) is 11.3 Å². The highest BCUT2D eigenvalue weighted by Gasteiger charge is 2.30. The van der Waals surface area contributed by atoms with E-state index in [0.29, 0.717) is 42.4 Å². The molecule has 0 aromatic carbocycles. The highest BCUT2D eigenvalue weighted by atomic mass is 16.5. The molecule has 0 unspecified atom stereocenters. The number of imidazole rings is 1. The van der Waals surface area contributed by atoms with Crippen molar-refractivity contribution in [1.82, 2.24) is 24.8 Å². The normalized spacial score (nSPS) is 23.0. The third kappa shape index (κ3) is 5.93. The maximum Gasteiger partial charge on any atom is 0.410 e. The van der Waals surface area contributed by atoms with E-state index in [9.17, 15) is 9.90 Å². The van der Waals surface area contributed by atoms with Crippen molar-refractivity contribution in [3.63, 3.8) is 0 Å². The van der Waals surface area contributed by atoms with E-state index in [0.717, 1.165) is 74.8 Å². The lowest BCUT2D eigenvalue weighted by Gasteiger charge is -2.32. The number of hydrogen-bond donors (Lipinski definition) is 4. The van der Waals surface area contributed by atoms with Crippen LogP contribution in [0.4, 0.5) is 10.6 Å². The molecule has 3 aliphatic rings. The van der Waals surface area contributed by atoms with Gasteiger partial charge in [-0.2, -0.15) is 0 Å². The molecule has 2 aliphatic carbocycles. The largest absolute Gasteiger partial charge is 0.465 e. The third-order valence-corrected chi connectivity index (χ3v) is 8.80. The van der Waals surface area contributed by atoms with Gasteiger partial charge in [0, 0.05) is 31.7 Å². The highest BCUT2D eigenvalue weighted by Crippen LogP contribution is 2.37. The van der Waals surface area contributed by atoms with E-state index in [4.69, 9.17) is 21.6 Å². The van der Waals surface area contributed by atoms with Crippen molar-refractivity contribution in [2.75, 3.05) is 18.5 Å². The van der Waals surface area contributed by atoms with Crippen molar-refractivity contribution < 1.29 is 14.6 Å². The fourth-order valence-electron chi connectivity index (χ4n) is 6.11. The van der Waals surface area contributed by atoms with Crippen molar-refractivity contribution in [2.24, 2.45) is 23.7 Å². The van der Waals surface area contributed by atoms with Crippen molar-refractivity contribution in [3.8, 4) is 12.3 Å². The average molecular weight is 534 g/mol. The molecule has 3 fully saturated rings. The standard InChI is InChI=1S/C29H39N7O3/c1-4-19-8-10-20(11-9-19)16-36-23-25(31-18(3)22-6-5-7-22)33-27(24(30)32-29(37)38)34-26(23)35-28(36)17(2)21-12-14-39-15-13-21/h1,18-22H,2,5-16H2,3H3,(H2,30,32)(H,37,38)(H,31,33,34)/t18-,19?,20?/m1/s1. The lowest BCUT2D eigenvalue weighted by atomic mass is 9.80. The Hall–Kier alpha value is -3.45. The molecule has 4 N–H and O–H groups in total. The SMILES string of the molecule is C#CC1CCC(Cn2c(C(=C)C3CCOCC3)nc3nc(C(=N)NC(=O)O)nc(N[C@H](C)C4CCC4)c32)CC1. The second-order valence-corrected chi connectivity index (χ2v) is 11.3. The Morgan fingerprint density at radius 2 is 1.90 bits per heavy atom. The van der Waals surface area contributed by atoms with Crippen LogP contribution in [-0.2, 0) is 11.3 Å². The summed E-state index contributed by atoms with van der Waals surface area (Å²) in [5, 5.41) is 23.1. The number of nitrogens with one attached hydrogen (secondary N) is 3. The number of rotatable bonds is 8. The number of allylic oxidation sites excluding steroid dienone is 1. The number of nitrogens with zero attached hydrogens (tertiary/aromatic N) is 4. The molecule has 0 radical (unpaired) electrons. The fraction of sp³-hybridized carbons (Fsp3) is 0.621. The second kappa shape index (κ2) is 11.7. The number of fused-ring (bicyclic) bond motifs is 1. The van der Waals surface area contributed by atoms with Gasteiger partial charge < -0.3 is 19.7 Å². The predicted molar refractivity (Wildman–Crippen MR) is 151 cm³/mol. The first kappa shape index (κ1) is 27.1. The number of terminal acetylenes is 1. The Balaban J connectivity index is 1.59. The van der Waals surface area contributed by atoms with Crippen LogP contribution >= 0.6 is 0 Å². The van der Waals surface area contributed by atoms with Crippen LogP contribution in [0.15, 0.2) is 6.58 Å². The number of amidine groups is 1. The minimum Gasteiger partial charge on any atom is -0.465 e. The predicted octanol–water partition coefficient (Wildman–Crippen LogP) is 4.90. The Labute approximate surface area is 229 Å². The van der Waals surface area contributed by atoms with Crippen molar-refractivity contribution >= 4 is 34.5 Å². The molecule has 2 aromatic heterocycles. The van der Waals surface area contributed by atoms with Crippen LogP contribution in [0.1, 0.15) is 76.4 Å². The molecule has 0 bridgehead atoms. The molecule has 1 saturated heterocycles. The summed E-state index contributed by atoms with van der Waals surface area (Å²) in [5.41, 5.74) is 2.20. The van der Waals surface area contributed by atoms with Crippen LogP contribution in [0.3, 0.4) is 0 Å². The molecular weight excluding hydrogens is 494 g/mol. The number of amides is 1. The lowest BCUT2D eigenvalue weighted by Crippen LogP contribution is -2.33. The minimum absolute atomic E-state index is 0.00406. The van der Waals surface area contributed by atoms with E-state index >= 15 is 0 Å². The Bertz CT molecular complexity index is 1280. The van der Waals surface area contributed by atoms with E-state index < -0.39 is 6.09 Å². The quantitative estimate of drug-likeness (QED) is 0.215. The highest BCUT2D eigenvalue weighted by molar-refractivity contribution is 6.03. The first-order valence-electron chi connectivity index (χ1n) is 14.2. The number of anilines is 1. The molecule has 1 atom stereocenters. The molecule has 5 rings (SSSR count). The van der Waals surface area contributed by atoms with Gasteiger partial charge in [-0.3, -0.25) is 10.7 Å². The Morgan fingerprint density at radius 1 is 1.18 bits per heavy atom. The van der Waals surface area contributed by atoms with Gasteiger partial charge >= 0.3 is 6.09 Å². The summed E-state index contributed by atoms with van der Waals surface area (Å²) in [6, 6.07) is 0.169. The summed E-state index contributed by atoms with van der Waals surface area (Å²) >= 11 is 0. The number of carboxylic acid groups (broad SMARTS) is 1. The van der Waals surface area contributed by atoms with Gasteiger partial charge in [-0.15, -0.1) is 12.3 Å². The van der Waals surface area contributed by atoms with E-state index in [1.807, 2.05) is 0 Å². The smallest absolute Gasteiger partial charge is 0.410 e. The topological polar surface area (TPSA) is 138 Å². The number of hydrogen-bond acceptors (Lipinski definition) is 7. The molecule has 2 saturated carbocycles. The minimum atomic E-state index is -1.33. The summed E-state index contributed by atoms with van der Waals surface area (Å²) in [4.78, 5) is 25.5. The molecule has 39 heavy (non-hydrogen) atoms. The Morgan fingerprint density at radius 3 is 2.51 bits per heavy atom. The monoisotopic (exact) mass is 533 g/mol. The molecule has 208 valence electrons. The average Bonchev–Trinajstić information content (AvgIpc) is 3.26. The zero-order valence-corrected chi connectivity index (χ0v) is 22.7. The molecular formula is C29H39N7O3. The summed E-state index contributed by atoms with van der Waals surface area (Å²) < 4.78 is 7.82. The number of aromatic nitrogens is 4. The van der Waals surface area contributed by atoms with E-state index in [1.54, 1.807) is 0 Å². The molecule has 2 aromatic rings. The zero-order chi connectivity index (χ0) is 27.5. The maximum atomic E-state index is 11.3. The van der Waals surface area contributed by atoms with Crippen LogP contribution < -0.4 is 10.6 Å². The van der Waals surface area contributed by atoms with Gasteiger partial charge in [0.25, 0.3) is 0 Å². The number of ether oxygens (including phenoxy) is 1. The van der Waals surface area contributed by atoms with Gasteiger partial charge in [0.2, 0.25) is 0 Å². The molecule has 10 nitrogen and oxygen atoms in total. The lowest BCUT2D eigenvalue weighted by molar-refractivity contribution is 0.0806. The zero-order valence-electron chi connectivity index (χ0n) is 22.7. The van der Waals surface area contributed by atoms with Gasteiger partial charge in [-0.05, 0) is 81.6 Å². The fourth-order valence-corrected chi connectivity index (χ4v) is 6.11. The van der Waals surface area contributed by atoms with Crippen LogP contribution in [0.5, 0.6) is 0 Å². The van der Waals surface area contributed by atoms with Crippen LogP contribution in [0.25, 0.3) is 16.7 Å². The molecule has 3 heterocycles. The van der Waals surface area contributed by atoms with Crippen molar-refractivity contribution in [1.29, 1.82) is 5.41 Å². The first-order valence-corrected chi connectivity index (χ1v) is 14.2. The van der Waals surface area contributed by atoms with Gasteiger partial charge in [-0.25, -0.2) is 19.7 Å². The summed E-state index contributed by atoms with van der Waals surface area (Å²) in [6.07, 6.45) is 13.8. The van der Waals surface area contributed by atoms with Crippen molar-refractivity contribution in [2.45, 2.75) is 77.3 Å². The second-order valence-electron chi connectivity index (χ2n) is 11.3. The van der Waals surface area contributed by atoms with Crippen molar-refractivity contribution in [3.05, 3.63) is 18.2 Å². The molecule has 10 heteroatoms. The summed E-state index contributed by atoms with van der Waals surface area (Å²) in [5.74, 6) is 5.51. The maximum absolute atomic E-state index is 11.3. The summed E-state index contributed by atoms with van der Waals surface area (Å²) in [7, 11) is 0. The number of carbonyl (C=O) groups is 1. The van der Waals surface area contributed by atoms with E-state index in [2.05, 4.69) is 44.6 Å². The van der Waals surface area contributed by atoms with Crippen LogP contribution in [-0.4, -0.2) is 55.8 Å². The van der Waals surface area contributed by atoms with Crippen LogP contribution in [0, 0.1) is 41.4 Å². The molecule has 1 amide bonds. The van der Waals surface area contributed by atoms with E-state index in [-0.39, 0.29) is 23.6 Å². The van der Waals surface area contributed by atoms with Crippen LogP contribution in [0.2, 0.25) is 0 Å². The van der Waals surface area contributed by atoms with Gasteiger partial charge in [-0.1, -0.05) is 13.0 Å². The Kier molecular flexibility index (Phi) is 8.17. The van der Waals surface area contributed by atoms with Gasteiger partial charge in [0.05, 0.1) is 0 Å². The first-order chi connectivity index (χ1) is 18.8. The third-order valence-electron chi connectivity index (χ3n) is 8.80. The van der Waals surface area contributed by atoms with Gasteiger partial charge in [0.15, 0.2) is 23.1 Å². The summed E-state index contributed by atoms with van der Waals surface area (Å²) in [6.45, 7) is 8.81. The molecule has 0 spiro atoms.